The van der Waals surface area contributed by atoms with Crippen LogP contribution in [0.5, 0.6) is 0 Å². The molecule has 0 saturated heterocycles. The smallest absolute Gasteiger partial charge is 0.475 e. The number of aliphatic carboxylic acids is 1. The van der Waals surface area contributed by atoms with Gasteiger partial charge in [-0.15, -0.1) is 0 Å². The normalized spacial score (nSPS) is 13.4. The lowest BCUT2D eigenvalue weighted by Gasteiger charge is -2.13. The minimum atomic E-state index is -5.08. The molecular weight excluding hydrogens is 307 g/mol. The molecular formula is C13H16F3NO5. The van der Waals surface area contributed by atoms with Gasteiger partial charge in [-0.2, -0.15) is 13.2 Å². The summed E-state index contributed by atoms with van der Waals surface area (Å²) in [6.07, 6.45) is -5.98. The van der Waals surface area contributed by atoms with Gasteiger partial charge in [0.1, 0.15) is 12.6 Å². The number of aliphatic hydroxyl groups excluding tert-OH is 1. The van der Waals surface area contributed by atoms with Crippen LogP contribution >= 0.6 is 0 Å². The summed E-state index contributed by atoms with van der Waals surface area (Å²) in [5, 5.41) is 16.2. The number of benzene rings is 1. The fourth-order valence-electron chi connectivity index (χ4n) is 1.02. The summed E-state index contributed by atoms with van der Waals surface area (Å²) in [6, 6.07) is 8.32. The molecule has 1 rings (SSSR count). The molecule has 6 nitrogen and oxygen atoms in total. The number of rotatable bonds is 4. The lowest BCUT2D eigenvalue weighted by molar-refractivity contribution is -0.192. The van der Waals surface area contributed by atoms with Gasteiger partial charge in [0.25, 0.3) is 0 Å². The maximum absolute atomic E-state index is 11.3. The maximum atomic E-state index is 11.3. The number of halogens is 3. The van der Waals surface area contributed by atoms with Gasteiger partial charge < -0.3 is 20.7 Å². The van der Waals surface area contributed by atoms with Crippen LogP contribution in [0.4, 0.5) is 13.2 Å². The quantitative estimate of drug-likeness (QED) is 0.715. The van der Waals surface area contributed by atoms with E-state index in [-0.39, 0.29) is 6.61 Å². The van der Waals surface area contributed by atoms with Crippen molar-refractivity contribution in [2.24, 2.45) is 5.73 Å². The second kappa shape index (κ2) is 9.00. The molecule has 0 spiro atoms. The fraction of sp³-hybridized carbons (Fsp3) is 0.385. The van der Waals surface area contributed by atoms with Crippen molar-refractivity contribution in [2.75, 3.05) is 0 Å². The number of nitrogens with two attached hydrogens (primary N) is 1. The van der Waals surface area contributed by atoms with Crippen molar-refractivity contribution >= 4 is 11.9 Å². The average Bonchev–Trinajstić information content (AvgIpc) is 2.44. The molecule has 0 aromatic heterocycles. The highest BCUT2D eigenvalue weighted by Crippen LogP contribution is 2.13. The number of carbonyl (C=O) groups excluding carboxylic acids is 1. The number of esters is 1. The molecule has 2 unspecified atom stereocenters. The summed E-state index contributed by atoms with van der Waals surface area (Å²) in [5.41, 5.74) is 6.29. The van der Waals surface area contributed by atoms with Crippen molar-refractivity contribution in [3.8, 4) is 0 Å². The van der Waals surface area contributed by atoms with Crippen LogP contribution in [0.3, 0.4) is 0 Å². The third-order valence-electron chi connectivity index (χ3n) is 2.26. The Labute approximate surface area is 124 Å². The molecule has 0 heterocycles. The monoisotopic (exact) mass is 323 g/mol. The molecule has 0 aliphatic carbocycles. The van der Waals surface area contributed by atoms with Crippen LogP contribution in [-0.4, -0.2) is 40.5 Å². The van der Waals surface area contributed by atoms with Gasteiger partial charge in [-0.25, -0.2) is 4.79 Å². The van der Waals surface area contributed by atoms with Crippen molar-refractivity contribution in [3.63, 3.8) is 0 Å². The fourth-order valence-corrected chi connectivity index (χ4v) is 1.02. The molecule has 124 valence electrons. The number of aliphatic hydroxyl groups is 1. The van der Waals surface area contributed by atoms with Crippen LogP contribution in [0.15, 0.2) is 30.3 Å². The Morgan fingerprint density at radius 3 is 2.09 bits per heavy atom. The SMILES string of the molecule is CC(O)C(N)C(=O)OCc1ccccc1.O=C(O)C(F)(F)F. The highest BCUT2D eigenvalue weighted by Gasteiger charge is 2.38. The first kappa shape index (κ1) is 19.9. The molecule has 2 atom stereocenters. The van der Waals surface area contributed by atoms with Crippen molar-refractivity contribution in [2.45, 2.75) is 31.9 Å². The Hall–Kier alpha value is -2.13. The predicted octanol–water partition coefficient (Wildman–Crippen LogP) is 1.07. The van der Waals surface area contributed by atoms with Crippen molar-refractivity contribution < 1.29 is 37.7 Å². The molecule has 9 heteroatoms. The summed E-state index contributed by atoms with van der Waals surface area (Å²) in [7, 11) is 0. The third kappa shape index (κ3) is 8.22. The van der Waals surface area contributed by atoms with Crippen LogP contribution in [-0.2, 0) is 20.9 Å². The van der Waals surface area contributed by atoms with E-state index in [1.807, 2.05) is 30.3 Å². The van der Waals surface area contributed by atoms with Gasteiger partial charge in [0.2, 0.25) is 0 Å². The Morgan fingerprint density at radius 1 is 1.27 bits per heavy atom. The summed E-state index contributed by atoms with van der Waals surface area (Å²) in [6.45, 7) is 1.63. The van der Waals surface area contributed by atoms with E-state index in [4.69, 9.17) is 25.5 Å². The minimum Gasteiger partial charge on any atom is -0.475 e. The average molecular weight is 323 g/mol. The molecule has 22 heavy (non-hydrogen) atoms. The van der Waals surface area contributed by atoms with Gasteiger partial charge in [-0.05, 0) is 12.5 Å². The van der Waals surface area contributed by atoms with E-state index in [1.54, 1.807) is 0 Å². The summed E-state index contributed by atoms with van der Waals surface area (Å²) < 4.78 is 36.7. The number of ether oxygens (including phenoxy) is 1. The van der Waals surface area contributed by atoms with E-state index in [0.29, 0.717) is 0 Å². The van der Waals surface area contributed by atoms with Crippen LogP contribution in [0.2, 0.25) is 0 Å². The van der Waals surface area contributed by atoms with Gasteiger partial charge in [0.05, 0.1) is 6.10 Å². The standard InChI is InChI=1S/C11H15NO3.C2HF3O2/c1-8(13)10(12)11(14)15-7-9-5-3-2-4-6-9;3-2(4,5)1(6)7/h2-6,8,10,13H,7,12H2,1H3;(H,6,7). The second-order valence-corrected chi connectivity index (χ2v) is 4.16. The van der Waals surface area contributed by atoms with Crippen LogP contribution in [0.1, 0.15) is 12.5 Å². The summed E-state index contributed by atoms with van der Waals surface area (Å²) >= 11 is 0. The molecule has 0 aliphatic rings. The number of alkyl halides is 3. The highest BCUT2D eigenvalue weighted by molar-refractivity contribution is 5.76. The predicted molar refractivity (Wildman–Crippen MR) is 69.6 cm³/mol. The van der Waals surface area contributed by atoms with Crippen LogP contribution in [0, 0.1) is 0 Å². The number of hydrogen-bond acceptors (Lipinski definition) is 5. The molecule has 0 radical (unpaired) electrons. The van der Waals surface area contributed by atoms with Crippen LogP contribution in [0.25, 0.3) is 0 Å². The molecule has 0 bridgehead atoms. The zero-order valence-electron chi connectivity index (χ0n) is 11.6. The highest BCUT2D eigenvalue weighted by atomic mass is 19.4. The number of hydrogen-bond donors (Lipinski definition) is 3. The van der Waals surface area contributed by atoms with Gasteiger partial charge in [-0.3, -0.25) is 4.79 Å². The van der Waals surface area contributed by atoms with Crippen molar-refractivity contribution in [1.29, 1.82) is 0 Å². The number of carboxylic acid groups (broad SMARTS) is 1. The Balaban J connectivity index is 0.000000534. The lowest BCUT2D eigenvalue weighted by Crippen LogP contribution is -2.41. The first-order valence-electron chi connectivity index (χ1n) is 6.00. The van der Waals surface area contributed by atoms with Gasteiger partial charge in [0.15, 0.2) is 0 Å². The van der Waals surface area contributed by atoms with Gasteiger partial charge in [0, 0.05) is 0 Å². The van der Waals surface area contributed by atoms with Crippen molar-refractivity contribution in [1.82, 2.24) is 0 Å². The van der Waals surface area contributed by atoms with Crippen molar-refractivity contribution in [3.05, 3.63) is 35.9 Å². The number of carbonyl (C=O) groups is 2. The van der Waals surface area contributed by atoms with E-state index in [9.17, 15) is 18.0 Å². The summed E-state index contributed by atoms with van der Waals surface area (Å²) in [4.78, 5) is 20.1. The van der Waals surface area contributed by atoms with E-state index >= 15 is 0 Å². The summed E-state index contributed by atoms with van der Waals surface area (Å²) in [5.74, 6) is -3.35. The minimum absolute atomic E-state index is 0.181. The van der Waals surface area contributed by atoms with Crippen LogP contribution < -0.4 is 5.73 Å². The molecule has 1 aromatic carbocycles. The lowest BCUT2D eigenvalue weighted by atomic mass is 10.2. The largest absolute Gasteiger partial charge is 0.490 e. The first-order chi connectivity index (χ1) is 10.1. The zero-order valence-corrected chi connectivity index (χ0v) is 11.6. The maximum Gasteiger partial charge on any atom is 0.490 e. The van der Waals surface area contributed by atoms with E-state index in [2.05, 4.69) is 0 Å². The van der Waals surface area contributed by atoms with E-state index < -0.39 is 30.3 Å². The second-order valence-electron chi connectivity index (χ2n) is 4.16. The Bertz CT molecular complexity index is 476. The number of carboxylic acids is 1. The zero-order chi connectivity index (χ0) is 17.3. The Kier molecular flexibility index (Phi) is 8.13. The van der Waals surface area contributed by atoms with Gasteiger partial charge in [-0.1, -0.05) is 30.3 Å². The molecule has 0 amide bonds. The van der Waals surface area contributed by atoms with Gasteiger partial charge >= 0.3 is 18.1 Å². The molecule has 0 aliphatic heterocycles. The molecule has 0 saturated carbocycles. The topological polar surface area (TPSA) is 110 Å². The first-order valence-corrected chi connectivity index (χ1v) is 6.00. The van der Waals surface area contributed by atoms with E-state index in [1.165, 1.54) is 6.92 Å². The van der Waals surface area contributed by atoms with E-state index in [0.717, 1.165) is 5.56 Å². The molecule has 1 aromatic rings. The molecule has 4 N–H and O–H groups in total. The Morgan fingerprint density at radius 2 is 1.73 bits per heavy atom. The molecule has 0 fully saturated rings. The third-order valence-corrected chi connectivity index (χ3v) is 2.26.